The van der Waals surface area contributed by atoms with Gasteiger partial charge >= 0.3 is 0 Å². The van der Waals surface area contributed by atoms with E-state index in [0.29, 0.717) is 30.5 Å². The Morgan fingerprint density at radius 2 is 2.00 bits per heavy atom. The minimum atomic E-state index is -3.75. The van der Waals surface area contributed by atoms with Gasteiger partial charge in [-0.15, -0.1) is 0 Å². The molecule has 0 radical (unpaired) electrons. The fourth-order valence-electron chi connectivity index (χ4n) is 3.31. The summed E-state index contributed by atoms with van der Waals surface area (Å²) in [6, 6.07) is 4.38. The molecule has 1 amide bonds. The number of carbonyl (C=O) groups is 1. The summed E-state index contributed by atoms with van der Waals surface area (Å²) in [6.45, 7) is 3.28. The number of hydrogen-bond donors (Lipinski definition) is 2. The molecule has 1 fully saturated rings. The number of rotatable bonds is 8. The second-order valence-electron chi connectivity index (χ2n) is 6.77. The zero-order chi connectivity index (χ0) is 20.0. The molecule has 2 unspecified atom stereocenters. The molecule has 1 aromatic rings. The predicted octanol–water partition coefficient (Wildman–Crippen LogP) is 0.958. The maximum Gasteiger partial charge on any atom is 0.240 e. The first-order valence-corrected chi connectivity index (χ1v) is 10.5. The van der Waals surface area contributed by atoms with Crippen molar-refractivity contribution in [1.29, 1.82) is 0 Å². The van der Waals surface area contributed by atoms with Crippen molar-refractivity contribution in [2.45, 2.75) is 37.1 Å². The van der Waals surface area contributed by atoms with Gasteiger partial charge in [-0.1, -0.05) is 6.92 Å². The first-order valence-electron chi connectivity index (χ1n) is 9.03. The van der Waals surface area contributed by atoms with Gasteiger partial charge in [-0.2, -0.15) is 0 Å². The average molecular weight is 400 g/mol. The van der Waals surface area contributed by atoms with Gasteiger partial charge in [0, 0.05) is 38.2 Å². The van der Waals surface area contributed by atoms with Crippen LogP contribution in [0.3, 0.4) is 0 Å². The van der Waals surface area contributed by atoms with E-state index in [9.17, 15) is 13.2 Å². The molecule has 9 heteroatoms. The Hall–Kier alpha value is -1.84. The molecule has 1 heterocycles. The number of nitrogens with two attached hydrogens (primary N) is 1. The highest BCUT2D eigenvalue weighted by molar-refractivity contribution is 7.89. The van der Waals surface area contributed by atoms with Gasteiger partial charge in [0.05, 0.1) is 19.1 Å². The lowest BCUT2D eigenvalue weighted by Crippen LogP contribution is -2.49. The minimum Gasteiger partial charge on any atom is -0.493 e. The Labute approximate surface area is 161 Å². The van der Waals surface area contributed by atoms with Crippen LogP contribution in [0.5, 0.6) is 11.5 Å². The van der Waals surface area contributed by atoms with Crippen molar-refractivity contribution in [1.82, 2.24) is 9.62 Å². The number of sulfonamides is 1. The van der Waals surface area contributed by atoms with Gasteiger partial charge in [0.15, 0.2) is 11.5 Å². The lowest BCUT2D eigenvalue weighted by Gasteiger charge is -2.38. The lowest BCUT2D eigenvalue weighted by atomic mass is 9.92. The number of piperidine rings is 1. The lowest BCUT2D eigenvalue weighted by molar-refractivity contribution is -0.135. The Morgan fingerprint density at radius 1 is 1.30 bits per heavy atom. The van der Waals surface area contributed by atoms with E-state index in [1.807, 2.05) is 0 Å². The maximum atomic E-state index is 12.5. The van der Waals surface area contributed by atoms with Crippen LogP contribution in [-0.4, -0.2) is 59.1 Å². The van der Waals surface area contributed by atoms with Gasteiger partial charge in [-0.25, -0.2) is 13.1 Å². The number of methoxy groups -OCH3 is 2. The molecule has 0 aromatic heterocycles. The van der Waals surface area contributed by atoms with Gasteiger partial charge in [-0.3, -0.25) is 4.79 Å². The van der Waals surface area contributed by atoms with Gasteiger partial charge in [-0.05, 0) is 30.9 Å². The molecular formula is C18H29N3O5S. The summed E-state index contributed by atoms with van der Waals surface area (Å²) in [5, 5.41) is 0. The topological polar surface area (TPSA) is 111 Å². The van der Waals surface area contributed by atoms with Crippen molar-refractivity contribution in [2.24, 2.45) is 11.7 Å². The third-order valence-electron chi connectivity index (χ3n) is 4.87. The van der Waals surface area contributed by atoms with E-state index in [1.54, 1.807) is 4.90 Å². The molecule has 8 nitrogen and oxygen atoms in total. The summed E-state index contributed by atoms with van der Waals surface area (Å²) in [5.74, 6) is 1.24. The van der Waals surface area contributed by atoms with E-state index in [1.165, 1.54) is 32.4 Å². The quantitative estimate of drug-likeness (QED) is 0.674. The second kappa shape index (κ2) is 9.38. The zero-order valence-corrected chi connectivity index (χ0v) is 16.9. The normalized spacial score (nSPS) is 20.4. The van der Waals surface area contributed by atoms with E-state index in [-0.39, 0.29) is 29.8 Å². The third kappa shape index (κ3) is 5.33. The highest BCUT2D eigenvalue weighted by Gasteiger charge is 2.28. The van der Waals surface area contributed by atoms with Crippen LogP contribution in [0, 0.1) is 5.92 Å². The Bertz CT molecular complexity index is 753. The van der Waals surface area contributed by atoms with E-state index in [2.05, 4.69) is 11.6 Å². The summed E-state index contributed by atoms with van der Waals surface area (Å²) in [5.41, 5.74) is 5.79. The molecule has 152 valence electrons. The van der Waals surface area contributed by atoms with E-state index >= 15 is 0 Å². The van der Waals surface area contributed by atoms with Gasteiger partial charge in [0.25, 0.3) is 0 Å². The van der Waals surface area contributed by atoms with Crippen molar-refractivity contribution in [2.75, 3.05) is 33.9 Å². The highest BCUT2D eigenvalue weighted by atomic mass is 32.2. The van der Waals surface area contributed by atoms with Crippen molar-refractivity contribution in [3.05, 3.63) is 18.2 Å². The molecule has 2 rings (SSSR count). The maximum absolute atomic E-state index is 12.5. The molecule has 1 aliphatic rings. The molecule has 0 bridgehead atoms. The van der Waals surface area contributed by atoms with Gasteiger partial charge in [0.1, 0.15) is 0 Å². The van der Waals surface area contributed by atoms with E-state index in [4.69, 9.17) is 15.2 Å². The van der Waals surface area contributed by atoms with Crippen LogP contribution in [-0.2, 0) is 14.8 Å². The number of nitrogens with zero attached hydrogens (tertiary/aromatic N) is 1. The Balaban J connectivity index is 1.96. The molecule has 0 saturated carbocycles. The molecular weight excluding hydrogens is 370 g/mol. The van der Waals surface area contributed by atoms with Crippen LogP contribution in [0.1, 0.15) is 26.2 Å². The number of likely N-dealkylation sites (tertiary alicyclic amines) is 1. The van der Waals surface area contributed by atoms with Crippen LogP contribution < -0.4 is 19.9 Å². The number of nitrogens with one attached hydrogen (secondary N) is 1. The molecule has 27 heavy (non-hydrogen) atoms. The van der Waals surface area contributed by atoms with Crippen LogP contribution >= 0.6 is 0 Å². The highest BCUT2D eigenvalue weighted by Crippen LogP contribution is 2.29. The SMILES string of the molecule is COc1ccc(S(=O)(=O)NCCC(=O)N2CCC(C)CC2CN)cc1OC. The largest absolute Gasteiger partial charge is 0.493 e. The summed E-state index contributed by atoms with van der Waals surface area (Å²) in [6.07, 6.45) is 1.93. The molecule has 1 aromatic carbocycles. The molecule has 0 aliphatic carbocycles. The second-order valence-corrected chi connectivity index (χ2v) is 8.54. The fourth-order valence-corrected chi connectivity index (χ4v) is 4.35. The first-order chi connectivity index (χ1) is 12.8. The smallest absolute Gasteiger partial charge is 0.240 e. The summed E-state index contributed by atoms with van der Waals surface area (Å²) in [7, 11) is -0.837. The minimum absolute atomic E-state index is 0.0266. The summed E-state index contributed by atoms with van der Waals surface area (Å²) < 4.78 is 37.7. The van der Waals surface area contributed by atoms with Crippen molar-refractivity contribution in [3.8, 4) is 11.5 Å². The summed E-state index contributed by atoms with van der Waals surface area (Å²) >= 11 is 0. The first kappa shape index (κ1) is 21.5. The fraction of sp³-hybridized carbons (Fsp3) is 0.611. The molecule has 1 saturated heterocycles. The molecule has 1 aliphatic heterocycles. The molecule has 3 N–H and O–H groups in total. The number of hydrogen-bond acceptors (Lipinski definition) is 6. The van der Waals surface area contributed by atoms with Gasteiger partial charge < -0.3 is 20.1 Å². The molecule has 0 spiro atoms. The van der Waals surface area contributed by atoms with E-state index < -0.39 is 10.0 Å². The van der Waals surface area contributed by atoms with Crippen LogP contribution in [0.4, 0.5) is 0 Å². The van der Waals surface area contributed by atoms with Crippen molar-refractivity contribution < 1.29 is 22.7 Å². The van der Waals surface area contributed by atoms with Crippen molar-refractivity contribution in [3.63, 3.8) is 0 Å². The standard InChI is InChI=1S/C18H29N3O5S/c1-13-7-9-21(14(10-13)12-19)18(22)6-8-20-27(23,24)15-4-5-16(25-2)17(11-15)26-3/h4-5,11,13-14,20H,6-10,12,19H2,1-3H3. The van der Waals surface area contributed by atoms with E-state index in [0.717, 1.165) is 12.8 Å². The number of amides is 1. The summed E-state index contributed by atoms with van der Waals surface area (Å²) in [4.78, 5) is 14.3. The third-order valence-corrected chi connectivity index (χ3v) is 6.33. The Kier molecular flexibility index (Phi) is 7.46. The monoisotopic (exact) mass is 399 g/mol. The average Bonchev–Trinajstić information content (AvgIpc) is 2.66. The van der Waals surface area contributed by atoms with Crippen LogP contribution in [0.25, 0.3) is 0 Å². The molecule has 2 atom stereocenters. The van der Waals surface area contributed by atoms with Crippen molar-refractivity contribution >= 4 is 15.9 Å². The number of benzene rings is 1. The van der Waals surface area contributed by atoms with Crippen LogP contribution in [0.2, 0.25) is 0 Å². The predicted molar refractivity (Wildman–Crippen MR) is 102 cm³/mol. The number of ether oxygens (including phenoxy) is 2. The number of carbonyl (C=O) groups excluding carboxylic acids is 1. The zero-order valence-electron chi connectivity index (χ0n) is 16.1. The van der Waals surface area contributed by atoms with Gasteiger partial charge in [0.2, 0.25) is 15.9 Å². The van der Waals surface area contributed by atoms with Crippen LogP contribution in [0.15, 0.2) is 23.1 Å². The Morgan fingerprint density at radius 3 is 2.63 bits per heavy atom.